The Bertz CT molecular complexity index is 577. The van der Waals surface area contributed by atoms with Crippen LogP contribution < -0.4 is 0 Å². The SMILES string of the molecule is CN1CCC(CN(C)S(=O)(=O)Cc2cccc(CCl)c2)C1. The lowest BCUT2D eigenvalue weighted by atomic mass is 10.1. The Labute approximate surface area is 132 Å². The van der Waals surface area contributed by atoms with Crippen LogP contribution in [0.1, 0.15) is 17.5 Å². The van der Waals surface area contributed by atoms with Crippen LogP contribution in [-0.2, 0) is 21.7 Å². The van der Waals surface area contributed by atoms with Gasteiger partial charge in [-0.1, -0.05) is 24.3 Å². The van der Waals surface area contributed by atoms with E-state index in [0.29, 0.717) is 18.3 Å². The first-order valence-corrected chi connectivity index (χ1v) is 9.31. The zero-order chi connectivity index (χ0) is 15.5. The lowest BCUT2D eigenvalue weighted by molar-refractivity contribution is 0.356. The highest BCUT2D eigenvalue weighted by atomic mass is 35.5. The van der Waals surface area contributed by atoms with Gasteiger partial charge >= 0.3 is 0 Å². The van der Waals surface area contributed by atoms with Gasteiger partial charge in [0.2, 0.25) is 10.0 Å². The van der Waals surface area contributed by atoms with Gasteiger partial charge in [-0.25, -0.2) is 12.7 Å². The van der Waals surface area contributed by atoms with Crippen LogP contribution in [0.15, 0.2) is 24.3 Å². The van der Waals surface area contributed by atoms with E-state index in [2.05, 4.69) is 11.9 Å². The van der Waals surface area contributed by atoms with Crippen molar-refractivity contribution in [3.8, 4) is 0 Å². The molecule has 0 amide bonds. The molecule has 0 aromatic heterocycles. The molecule has 0 aliphatic carbocycles. The monoisotopic (exact) mass is 330 g/mol. The van der Waals surface area contributed by atoms with Crippen LogP contribution in [-0.4, -0.2) is 51.4 Å². The Kier molecular flexibility index (Phi) is 5.66. The number of hydrogen-bond acceptors (Lipinski definition) is 3. The van der Waals surface area contributed by atoms with E-state index in [0.717, 1.165) is 30.6 Å². The molecule has 2 rings (SSSR count). The molecule has 1 saturated heterocycles. The van der Waals surface area contributed by atoms with Gasteiger partial charge in [-0.2, -0.15) is 0 Å². The van der Waals surface area contributed by atoms with Gasteiger partial charge in [0.1, 0.15) is 0 Å². The molecule has 1 unspecified atom stereocenters. The third-order valence-corrected chi connectivity index (χ3v) is 6.08. The molecule has 0 N–H and O–H groups in total. The first-order valence-electron chi connectivity index (χ1n) is 7.17. The minimum atomic E-state index is -3.27. The summed E-state index contributed by atoms with van der Waals surface area (Å²) in [5, 5.41) is 0. The third-order valence-electron chi connectivity index (χ3n) is 3.97. The molecule has 6 heteroatoms. The second kappa shape index (κ2) is 7.09. The number of nitrogens with zero attached hydrogens (tertiary/aromatic N) is 2. The number of halogens is 1. The normalized spacial score (nSPS) is 20.3. The molecule has 0 radical (unpaired) electrons. The Morgan fingerprint density at radius 2 is 2.10 bits per heavy atom. The minimum absolute atomic E-state index is 0.0385. The molecule has 1 aromatic rings. The van der Waals surface area contributed by atoms with E-state index in [-0.39, 0.29) is 5.75 Å². The second-order valence-electron chi connectivity index (χ2n) is 5.91. The molecule has 21 heavy (non-hydrogen) atoms. The van der Waals surface area contributed by atoms with E-state index in [1.165, 1.54) is 4.31 Å². The summed E-state index contributed by atoms with van der Waals surface area (Å²) in [5.41, 5.74) is 1.74. The molecule has 118 valence electrons. The Morgan fingerprint density at radius 1 is 1.38 bits per heavy atom. The van der Waals surface area contributed by atoms with Crippen molar-refractivity contribution in [3.05, 3.63) is 35.4 Å². The summed E-state index contributed by atoms with van der Waals surface area (Å²) in [4.78, 5) is 2.25. The van der Waals surface area contributed by atoms with E-state index in [9.17, 15) is 8.42 Å². The molecule has 1 aliphatic heterocycles. The van der Waals surface area contributed by atoms with Crippen molar-refractivity contribution in [3.63, 3.8) is 0 Å². The Balaban J connectivity index is 1.99. The van der Waals surface area contributed by atoms with E-state index in [1.54, 1.807) is 7.05 Å². The quantitative estimate of drug-likeness (QED) is 0.750. The predicted molar refractivity (Wildman–Crippen MR) is 86.9 cm³/mol. The van der Waals surface area contributed by atoms with Crippen LogP contribution in [0.2, 0.25) is 0 Å². The molecule has 1 heterocycles. The summed E-state index contributed by atoms with van der Waals surface area (Å²) in [7, 11) is 0.484. The highest BCUT2D eigenvalue weighted by molar-refractivity contribution is 7.88. The standard InChI is InChI=1S/C15H23ClN2O2S/c1-17-7-6-15(10-17)11-18(2)21(19,20)12-14-5-3-4-13(8-14)9-16/h3-5,8,15H,6-7,9-12H2,1-2H3. The molecule has 1 aliphatic rings. The number of alkyl halides is 1. The highest BCUT2D eigenvalue weighted by Gasteiger charge is 2.26. The zero-order valence-electron chi connectivity index (χ0n) is 12.6. The summed E-state index contributed by atoms with van der Waals surface area (Å²) in [6.45, 7) is 2.62. The number of likely N-dealkylation sites (tertiary alicyclic amines) is 1. The van der Waals surface area contributed by atoms with Gasteiger partial charge in [-0.05, 0) is 37.1 Å². The van der Waals surface area contributed by atoms with Crippen LogP contribution in [0, 0.1) is 5.92 Å². The van der Waals surface area contributed by atoms with Gasteiger partial charge in [-0.15, -0.1) is 11.6 Å². The predicted octanol–water partition coefficient (Wildman–Crippen LogP) is 2.14. The second-order valence-corrected chi connectivity index (χ2v) is 8.25. The summed E-state index contributed by atoms with van der Waals surface area (Å²) in [5.74, 6) is 0.874. The van der Waals surface area contributed by atoms with Crippen molar-refractivity contribution in [2.24, 2.45) is 5.92 Å². The van der Waals surface area contributed by atoms with Crippen LogP contribution in [0.3, 0.4) is 0 Å². The average Bonchev–Trinajstić information content (AvgIpc) is 2.83. The van der Waals surface area contributed by atoms with Crippen molar-refractivity contribution < 1.29 is 8.42 Å². The van der Waals surface area contributed by atoms with Crippen LogP contribution in [0.5, 0.6) is 0 Å². The summed E-state index contributed by atoms with van der Waals surface area (Å²) < 4.78 is 26.4. The van der Waals surface area contributed by atoms with Gasteiger partial charge in [0.05, 0.1) is 5.75 Å². The third kappa shape index (κ3) is 4.68. The topological polar surface area (TPSA) is 40.6 Å². The van der Waals surface area contributed by atoms with Crippen molar-refractivity contribution in [2.45, 2.75) is 18.1 Å². The number of benzene rings is 1. The molecule has 0 saturated carbocycles. The maximum Gasteiger partial charge on any atom is 0.218 e. The lowest BCUT2D eigenvalue weighted by Gasteiger charge is -2.21. The van der Waals surface area contributed by atoms with Crippen LogP contribution >= 0.6 is 11.6 Å². The molecule has 0 bridgehead atoms. The smallest absolute Gasteiger partial charge is 0.218 e. The van der Waals surface area contributed by atoms with E-state index in [1.807, 2.05) is 24.3 Å². The Morgan fingerprint density at radius 3 is 2.71 bits per heavy atom. The maximum atomic E-state index is 12.4. The van der Waals surface area contributed by atoms with Crippen LogP contribution in [0.4, 0.5) is 0 Å². The van der Waals surface area contributed by atoms with E-state index < -0.39 is 10.0 Å². The highest BCUT2D eigenvalue weighted by Crippen LogP contribution is 2.18. The minimum Gasteiger partial charge on any atom is -0.306 e. The maximum absolute atomic E-state index is 12.4. The van der Waals surface area contributed by atoms with Crippen LogP contribution in [0.25, 0.3) is 0 Å². The van der Waals surface area contributed by atoms with E-state index >= 15 is 0 Å². The number of sulfonamides is 1. The summed E-state index contributed by atoms with van der Waals surface area (Å²) >= 11 is 5.80. The fraction of sp³-hybridized carbons (Fsp3) is 0.600. The fourth-order valence-corrected chi connectivity index (χ4v) is 4.20. The molecule has 4 nitrogen and oxygen atoms in total. The Hall–Kier alpha value is -0.620. The number of hydrogen-bond donors (Lipinski definition) is 0. The fourth-order valence-electron chi connectivity index (χ4n) is 2.78. The van der Waals surface area contributed by atoms with E-state index in [4.69, 9.17) is 11.6 Å². The first-order chi connectivity index (χ1) is 9.90. The molecular weight excluding hydrogens is 308 g/mol. The van der Waals surface area contributed by atoms with Crippen molar-refractivity contribution >= 4 is 21.6 Å². The van der Waals surface area contributed by atoms with Gasteiger partial charge in [0.15, 0.2) is 0 Å². The molecule has 1 fully saturated rings. The van der Waals surface area contributed by atoms with Gasteiger partial charge < -0.3 is 4.90 Å². The van der Waals surface area contributed by atoms with Crippen molar-refractivity contribution in [1.29, 1.82) is 0 Å². The van der Waals surface area contributed by atoms with Gasteiger partial charge in [0, 0.05) is 26.0 Å². The van der Waals surface area contributed by atoms with Crippen molar-refractivity contribution in [1.82, 2.24) is 9.21 Å². The van der Waals surface area contributed by atoms with Gasteiger partial charge in [-0.3, -0.25) is 0 Å². The van der Waals surface area contributed by atoms with Gasteiger partial charge in [0.25, 0.3) is 0 Å². The average molecular weight is 331 g/mol. The molecule has 1 aromatic carbocycles. The first kappa shape index (κ1) is 16.7. The largest absolute Gasteiger partial charge is 0.306 e. The van der Waals surface area contributed by atoms with Crippen molar-refractivity contribution in [2.75, 3.05) is 33.7 Å². The molecular formula is C15H23ClN2O2S. The molecule has 1 atom stereocenters. The zero-order valence-corrected chi connectivity index (χ0v) is 14.2. The molecule has 0 spiro atoms. The lowest BCUT2D eigenvalue weighted by Crippen LogP contribution is -2.33. The summed E-state index contributed by atoms with van der Waals surface area (Å²) in [6.07, 6.45) is 1.07. The number of rotatable bonds is 6. The summed E-state index contributed by atoms with van der Waals surface area (Å²) in [6, 6.07) is 7.46.